The summed E-state index contributed by atoms with van der Waals surface area (Å²) in [5, 5.41) is 0. The highest BCUT2D eigenvalue weighted by Gasteiger charge is 2.06. The third kappa shape index (κ3) is 3.34. The summed E-state index contributed by atoms with van der Waals surface area (Å²) in [6.07, 6.45) is 0. The Labute approximate surface area is 98.7 Å². The Morgan fingerprint density at radius 1 is 0.765 bits per heavy atom. The lowest BCUT2D eigenvalue weighted by Gasteiger charge is -2.03. The number of benzene rings is 2. The molecule has 0 fully saturated rings. The van der Waals surface area contributed by atoms with E-state index in [0.717, 1.165) is 24.3 Å². The van der Waals surface area contributed by atoms with Crippen molar-refractivity contribution in [2.45, 2.75) is 13.8 Å². The summed E-state index contributed by atoms with van der Waals surface area (Å²) < 4.78 is 39.0. The molecule has 2 aromatic carbocycles. The average molecular weight is 238 g/mol. The average Bonchev–Trinajstić information content (AvgIpc) is 2.35. The number of hydrogen-bond donors (Lipinski definition) is 0. The number of hydrogen-bond acceptors (Lipinski definition) is 0. The summed E-state index contributed by atoms with van der Waals surface area (Å²) in [5.74, 6) is -1.59. The maximum Gasteiger partial charge on any atom is 0.131 e. The second-order valence-corrected chi connectivity index (χ2v) is 3.13. The monoisotopic (exact) mass is 238 g/mol. The zero-order valence-corrected chi connectivity index (χ0v) is 9.68. The van der Waals surface area contributed by atoms with E-state index in [0.29, 0.717) is 5.56 Å². The molecule has 0 spiro atoms. The van der Waals surface area contributed by atoms with E-state index in [1.807, 2.05) is 13.8 Å². The van der Waals surface area contributed by atoms with E-state index in [1.165, 1.54) is 18.2 Å². The van der Waals surface area contributed by atoms with E-state index >= 15 is 0 Å². The molecule has 0 nitrogen and oxygen atoms in total. The van der Waals surface area contributed by atoms with Crippen LogP contribution in [0.5, 0.6) is 0 Å². The van der Waals surface area contributed by atoms with Crippen LogP contribution in [0.25, 0.3) is 11.1 Å². The van der Waals surface area contributed by atoms with Crippen LogP contribution >= 0.6 is 0 Å². The second-order valence-electron chi connectivity index (χ2n) is 3.13. The van der Waals surface area contributed by atoms with Gasteiger partial charge in [-0.1, -0.05) is 26.0 Å². The van der Waals surface area contributed by atoms with Gasteiger partial charge in [0.25, 0.3) is 0 Å². The van der Waals surface area contributed by atoms with E-state index < -0.39 is 17.5 Å². The van der Waals surface area contributed by atoms with Crippen LogP contribution in [0.4, 0.5) is 13.2 Å². The number of halogens is 3. The summed E-state index contributed by atoms with van der Waals surface area (Å²) in [6.45, 7) is 4.00. The SMILES string of the molecule is CC.Fc1cccc(-c2cc(F)ccc2F)c1. The van der Waals surface area contributed by atoms with Gasteiger partial charge >= 0.3 is 0 Å². The molecule has 90 valence electrons. The van der Waals surface area contributed by atoms with Gasteiger partial charge in [-0.05, 0) is 35.9 Å². The van der Waals surface area contributed by atoms with Crippen molar-refractivity contribution in [2.24, 2.45) is 0 Å². The smallest absolute Gasteiger partial charge is 0.131 e. The number of rotatable bonds is 1. The molecule has 0 aliphatic heterocycles. The first-order valence-corrected chi connectivity index (χ1v) is 5.38. The summed E-state index contributed by atoms with van der Waals surface area (Å²) >= 11 is 0. The molecule has 2 aromatic rings. The van der Waals surface area contributed by atoms with Crippen LogP contribution in [-0.2, 0) is 0 Å². The topological polar surface area (TPSA) is 0 Å². The molecule has 0 saturated heterocycles. The fourth-order valence-corrected chi connectivity index (χ4v) is 1.37. The normalized spacial score (nSPS) is 9.47. The van der Waals surface area contributed by atoms with Gasteiger partial charge in [-0.3, -0.25) is 0 Å². The molecule has 0 aliphatic rings. The van der Waals surface area contributed by atoms with E-state index in [-0.39, 0.29) is 5.56 Å². The molecule has 0 unspecified atom stereocenters. The van der Waals surface area contributed by atoms with Gasteiger partial charge in [0.15, 0.2) is 0 Å². The van der Waals surface area contributed by atoms with Crippen LogP contribution in [0.2, 0.25) is 0 Å². The summed E-state index contributed by atoms with van der Waals surface area (Å²) in [4.78, 5) is 0. The van der Waals surface area contributed by atoms with Crippen molar-refractivity contribution in [1.29, 1.82) is 0 Å². The molecular formula is C14H13F3. The van der Waals surface area contributed by atoms with Crippen LogP contribution in [-0.4, -0.2) is 0 Å². The van der Waals surface area contributed by atoms with E-state index in [2.05, 4.69) is 0 Å². The highest BCUT2D eigenvalue weighted by molar-refractivity contribution is 5.64. The predicted molar refractivity (Wildman–Crippen MR) is 63.1 cm³/mol. The maximum atomic E-state index is 13.3. The Morgan fingerprint density at radius 2 is 1.41 bits per heavy atom. The van der Waals surface area contributed by atoms with E-state index in [4.69, 9.17) is 0 Å². The van der Waals surface area contributed by atoms with Gasteiger partial charge < -0.3 is 0 Å². The maximum absolute atomic E-state index is 13.3. The predicted octanol–water partition coefficient (Wildman–Crippen LogP) is 4.80. The third-order valence-electron chi connectivity index (χ3n) is 2.06. The summed E-state index contributed by atoms with van der Waals surface area (Å²) in [5.41, 5.74) is 0.390. The van der Waals surface area contributed by atoms with Crippen molar-refractivity contribution in [3.63, 3.8) is 0 Å². The standard InChI is InChI=1S/C12H7F3.C2H6/c13-9-3-1-2-8(6-9)11-7-10(14)4-5-12(11)15;1-2/h1-7H;1-2H3. The van der Waals surface area contributed by atoms with Gasteiger partial charge in [0.1, 0.15) is 17.5 Å². The van der Waals surface area contributed by atoms with Gasteiger partial charge in [0.2, 0.25) is 0 Å². The molecule has 2 rings (SSSR count). The molecule has 17 heavy (non-hydrogen) atoms. The molecule has 0 saturated carbocycles. The van der Waals surface area contributed by atoms with Gasteiger partial charge in [0.05, 0.1) is 0 Å². The summed E-state index contributed by atoms with van der Waals surface area (Å²) in [7, 11) is 0. The molecule has 0 aromatic heterocycles. The van der Waals surface area contributed by atoms with Crippen LogP contribution in [0.3, 0.4) is 0 Å². The van der Waals surface area contributed by atoms with E-state index in [9.17, 15) is 13.2 Å². The molecule has 0 aliphatic carbocycles. The molecule has 0 bridgehead atoms. The van der Waals surface area contributed by atoms with Crippen molar-refractivity contribution in [2.75, 3.05) is 0 Å². The Kier molecular flexibility index (Phi) is 4.76. The Balaban J connectivity index is 0.000000686. The van der Waals surface area contributed by atoms with Gasteiger partial charge in [-0.2, -0.15) is 0 Å². The van der Waals surface area contributed by atoms with Crippen LogP contribution < -0.4 is 0 Å². The largest absolute Gasteiger partial charge is 0.207 e. The third-order valence-corrected chi connectivity index (χ3v) is 2.06. The summed E-state index contributed by atoms with van der Waals surface area (Å²) in [6, 6.07) is 8.49. The van der Waals surface area contributed by atoms with Crippen molar-refractivity contribution in [3.8, 4) is 11.1 Å². The molecule has 0 atom stereocenters. The minimum atomic E-state index is -0.568. The lowest BCUT2D eigenvalue weighted by atomic mass is 10.1. The molecular weight excluding hydrogens is 225 g/mol. The highest BCUT2D eigenvalue weighted by Crippen LogP contribution is 2.23. The zero-order chi connectivity index (χ0) is 12.8. The fraction of sp³-hybridized carbons (Fsp3) is 0.143. The fourth-order valence-electron chi connectivity index (χ4n) is 1.37. The minimum Gasteiger partial charge on any atom is -0.207 e. The molecule has 0 heterocycles. The first-order chi connectivity index (χ1) is 8.16. The Bertz CT molecular complexity index is 493. The molecule has 0 N–H and O–H groups in total. The van der Waals surface area contributed by atoms with Crippen molar-refractivity contribution < 1.29 is 13.2 Å². The quantitative estimate of drug-likeness (QED) is 0.669. The lowest BCUT2D eigenvalue weighted by Crippen LogP contribution is -1.87. The van der Waals surface area contributed by atoms with Crippen molar-refractivity contribution in [3.05, 3.63) is 59.9 Å². The van der Waals surface area contributed by atoms with Gasteiger partial charge in [-0.25, -0.2) is 13.2 Å². The first-order valence-electron chi connectivity index (χ1n) is 5.38. The van der Waals surface area contributed by atoms with Crippen LogP contribution in [0.15, 0.2) is 42.5 Å². The highest BCUT2D eigenvalue weighted by atomic mass is 19.1. The van der Waals surface area contributed by atoms with Gasteiger partial charge in [0, 0.05) is 5.56 Å². The van der Waals surface area contributed by atoms with Crippen LogP contribution in [0.1, 0.15) is 13.8 Å². The minimum absolute atomic E-state index is 0.0644. The first kappa shape index (κ1) is 13.3. The molecule has 3 heteroatoms. The van der Waals surface area contributed by atoms with Crippen molar-refractivity contribution >= 4 is 0 Å². The van der Waals surface area contributed by atoms with Crippen molar-refractivity contribution in [1.82, 2.24) is 0 Å². The Hall–Kier alpha value is -1.77. The zero-order valence-electron chi connectivity index (χ0n) is 9.68. The lowest BCUT2D eigenvalue weighted by molar-refractivity contribution is 0.602. The van der Waals surface area contributed by atoms with Crippen LogP contribution in [0, 0.1) is 17.5 Å². The molecule has 0 radical (unpaired) electrons. The van der Waals surface area contributed by atoms with Gasteiger partial charge in [-0.15, -0.1) is 0 Å². The Morgan fingerprint density at radius 3 is 2.06 bits per heavy atom. The molecule has 0 amide bonds. The van der Waals surface area contributed by atoms with E-state index in [1.54, 1.807) is 0 Å². The second kappa shape index (κ2) is 6.09.